The van der Waals surface area contributed by atoms with Crippen molar-refractivity contribution in [3.8, 4) is 0 Å². The molecule has 0 aliphatic rings. The van der Waals surface area contributed by atoms with Crippen molar-refractivity contribution in [2.75, 3.05) is 13.1 Å². The molecule has 1 amide bonds. The number of amides is 1. The smallest absolute Gasteiger partial charge is 0.220 e. The molecule has 3 heteroatoms. The summed E-state index contributed by atoms with van der Waals surface area (Å²) < 4.78 is 0. The summed E-state index contributed by atoms with van der Waals surface area (Å²) in [6, 6.07) is 0. The number of hydrogen-bond donors (Lipinski definition) is 2. The van der Waals surface area contributed by atoms with Crippen molar-refractivity contribution in [3.05, 3.63) is 12.2 Å². The van der Waals surface area contributed by atoms with Gasteiger partial charge in [-0.25, -0.2) is 0 Å². The molecule has 0 bridgehead atoms. The first kappa shape index (κ1) is 22.2. The summed E-state index contributed by atoms with van der Waals surface area (Å²) in [5.41, 5.74) is 5.34. The Hall–Kier alpha value is -0.830. The molecule has 0 unspecified atom stereocenters. The SMILES string of the molecule is CCCCCCCC/C=C\CCCCCCCC(=O)NCCN. The van der Waals surface area contributed by atoms with Gasteiger partial charge < -0.3 is 11.1 Å². The molecule has 23 heavy (non-hydrogen) atoms. The first-order valence-corrected chi connectivity index (χ1v) is 9.93. The van der Waals surface area contributed by atoms with Crippen molar-refractivity contribution >= 4 is 5.91 Å². The quantitative estimate of drug-likeness (QED) is 0.289. The van der Waals surface area contributed by atoms with Crippen LogP contribution in [0.1, 0.15) is 96.8 Å². The van der Waals surface area contributed by atoms with Crippen LogP contribution in [0.3, 0.4) is 0 Å². The Labute approximate surface area is 144 Å². The fourth-order valence-electron chi connectivity index (χ4n) is 2.66. The van der Waals surface area contributed by atoms with Crippen LogP contribution in [0.25, 0.3) is 0 Å². The van der Waals surface area contributed by atoms with Gasteiger partial charge in [0, 0.05) is 19.5 Å². The van der Waals surface area contributed by atoms with Gasteiger partial charge in [0.25, 0.3) is 0 Å². The van der Waals surface area contributed by atoms with Crippen LogP contribution < -0.4 is 11.1 Å². The number of rotatable bonds is 17. The minimum Gasteiger partial charge on any atom is -0.355 e. The molecule has 0 radical (unpaired) electrons. The number of carbonyl (C=O) groups is 1. The van der Waals surface area contributed by atoms with E-state index in [1.54, 1.807) is 0 Å². The van der Waals surface area contributed by atoms with E-state index in [-0.39, 0.29) is 5.91 Å². The topological polar surface area (TPSA) is 55.1 Å². The molecule has 0 aromatic rings. The van der Waals surface area contributed by atoms with Crippen molar-refractivity contribution in [3.63, 3.8) is 0 Å². The summed E-state index contributed by atoms with van der Waals surface area (Å²) in [5.74, 6) is 0.146. The average molecular weight is 325 g/mol. The highest BCUT2D eigenvalue weighted by Crippen LogP contribution is 2.09. The third kappa shape index (κ3) is 19.1. The van der Waals surface area contributed by atoms with Crippen molar-refractivity contribution in [2.45, 2.75) is 96.8 Å². The normalized spacial score (nSPS) is 11.2. The molecule has 0 aliphatic carbocycles. The molecule has 0 aromatic carbocycles. The Morgan fingerprint density at radius 2 is 1.35 bits per heavy atom. The summed E-state index contributed by atoms with van der Waals surface area (Å²) in [6.45, 7) is 3.39. The maximum atomic E-state index is 11.4. The summed E-state index contributed by atoms with van der Waals surface area (Å²) in [6.07, 6.45) is 22.1. The lowest BCUT2D eigenvalue weighted by molar-refractivity contribution is -0.121. The van der Waals surface area contributed by atoms with Crippen LogP contribution in [0.2, 0.25) is 0 Å². The second-order valence-corrected chi connectivity index (χ2v) is 6.47. The fourth-order valence-corrected chi connectivity index (χ4v) is 2.66. The van der Waals surface area contributed by atoms with E-state index in [9.17, 15) is 4.79 Å². The largest absolute Gasteiger partial charge is 0.355 e. The van der Waals surface area contributed by atoms with Gasteiger partial charge in [0.15, 0.2) is 0 Å². The second-order valence-electron chi connectivity index (χ2n) is 6.47. The van der Waals surface area contributed by atoms with E-state index in [4.69, 9.17) is 5.73 Å². The van der Waals surface area contributed by atoms with Crippen molar-refractivity contribution in [2.24, 2.45) is 5.73 Å². The predicted octanol–water partition coefficient (Wildman–Crippen LogP) is 5.10. The van der Waals surface area contributed by atoms with E-state index in [0.717, 1.165) is 12.8 Å². The summed E-state index contributed by atoms with van der Waals surface area (Å²) >= 11 is 0. The van der Waals surface area contributed by atoms with Gasteiger partial charge in [0.2, 0.25) is 5.91 Å². The molecule has 0 saturated heterocycles. The number of nitrogens with two attached hydrogens (primary N) is 1. The van der Waals surface area contributed by atoms with Crippen molar-refractivity contribution in [1.29, 1.82) is 0 Å². The van der Waals surface area contributed by atoms with Gasteiger partial charge in [-0.15, -0.1) is 0 Å². The molecule has 0 aliphatic heterocycles. The Kier molecular flexibility index (Phi) is 18.5. The highest BCUT2D eigenvalue weighted by Gasteiger charge is 1.99. The lowest BCUT2D eigenvalue weighted by Gasteiger charge is -2.03. The Balaban J connectivity index is 3.14. The number of carbonyl (C=O) groups excluding carboxylic acids is 1. The highest BCUT2D eigenvalue weighted by molar-refractivity contribution is 5.75. The number of unbranched alkanes of at least 4 members (excludes halogenated alkanes) is 11. The number of allylic oxidation sites excluding steroid dienone is 2. The summed E-state index contributed by atoms with van der Waals surface area (Å²) in [5, 5.41) is 2.81. The van der Waals surface area contributed by atoms with E-state index < -0.39 is 0 Å². The first-order chi connectivity index (χ1) is 11.3. The van der Waals surface area contributed by atoms with Gasteiger partial charge >= 0.3 is 0 Å². The van der Waals surface area contributed by atoms with Gasteiger partial charge in [-0.2, -0.15) is 0 Å². The average Bonchev–Trinajstić information content (AvgIpc) is 2.56. The van der Waals surface area contributed by atoms with Crippen LogP contribution in [0.5, 0.6) is 0 Å². The molecule has 0 saturated carbocycles. The molecule has 3 N–H and O–H groups in total. The van der Waals surface area contributed by atoms with Crippen LogP contribution in [0, 0.1) is 0 Å². The summed E-state index contributed by atoms with van der Waals surface area (Å²) in [7, 11) is 0. The van der Waals surface area contributed by atoms with Crippen LogP contribution in [-0.4, -0.2) is 19.0 Å². The van der Waals surface area contributed by atoms with Crippen molar-refractivity contribution < 1.29 is 4.79 Å². The van der Waals surface area contributed by atoms with Crippen LogP contribution >= 0.6 is 0 Å². The molecule has 136 valence electrons. The fraction of sp³-hybridized carbons (Fsp3) is 0.850. The zero-order valence-corrected chi connectivity index (χ0v) is 15.5. The lowest BCUT2D eigenvalue weighted by atomic mass is 10.1. The van der Waals surface area contributed by atoms with Crippen LogP contribution in [0.15, 0.2) is 12.2 Å². The van der Waals surface area contributed by atoms with E-state index in [0.29, 0.717) is 19.5 Å². The number of nitrogens with one attached hydrogen (secondary N) is 1. The lowest BCUT2D eigenvalue weighted by Crippen LogP contribution is -2.28. The minimum atomic E-state index is 0.146. The third-order valence-corrected chi connectivity index (χ3v) is 4.13. The second kappa shape index (κ2) is 19.2. The maximum Gasteiger partial charge on any atom is 0.220 e. The Morgan fingerprint density at radius 1 is 0.826 bits per heavy atom. The minimum absolute atomic E-state index is 0.146. The maximum absolute atomic E-state index is 11.4. The van der Waals surface area contributed by atoms with E-state index in [1.807, 2.05) is 0 Å². The zero-order valence-electron chi connectivity index (χ0n) is 15.5. The van der Waals surface area contributed by atoms with Gasteiger partial charge in [-0.05, 0) is 32.1 Å². The molecule has 0 rings (SSSR count). The Morgan fingerprint density at radius 3 is 1.91 bits per heavy atom. The molecular weight excluding hydrogens is 284 g/mol. The monoisotopic (exact) mass is 324 g/mol. The van der Waals surface area contributed by atoms with Gasteiger partial charge in [0.05, 0.1) is 0 Å². The van der Waals surface area contributed by atoms with Crippen LogP contribution in [0.4, 0.5) is 0 Å². The number of hydrogen-bond acceptors (Lipinski definition) is 2. The molecule has 0 atom stereocenters. The van der Waals surface area contributed by atoms with E-state index in [1.165, 1.54) is 70.6 Å². The predicted molar refractivity (Wildman–Crippen MR) is 102 cm³/mol. The summed E-state index contributed by atoms with van der Waals surface area (Å²) in [4.78, 5) is 11.4. The highest BCUT2D eigenvalue weighted by atomic mass is 16.1. The van der Waals surface area contributed by atoms with E-state index >= 15 is 0 Å². The van der Waals surface area contributed by atoms with Gasteiger partial charge in [0.1, 0.15) is 0 Å². The standard InChI is InChI=1S/C20H40N2O/c1-2-3-4-5-6-7-8-9-10-11-12-13-14-15-16-17-20(23)22-19-18-21/h9-10H,2-8,11-19,21H2,1H3,(H,22,23)/b10-9-. The van der Waals surface area contributed by atoms with Gasteiger partial charge in [-0.1, -0.05) is 70.4 Å². The molecule has 0 fully saturated rings. The van der Waals surface area contributed by atoms with Crippen LogP contribution in [-0.2, 0) is 4.79 Å². The Bertz CT molecular complexity index is 277. The zero-order chi connectivity index (χ0) is 17.0. The molecule has 0 heterocycles. The van der Waals surface area contributed by atoms with Gasteiger partial charge in [-0.3, -0.25) is 4.79 Å². The van der Waals surface area contributed by atoms with Crippen molar-refractivity contribution in [1.82, 2.24) is 5.32 Å². The first-order valence-electron chi connectivity index (χ1n) is 9.93. The molecule has 3 nitrogen and oxygen atoms in total. The molecular formula is C20H40N2O. The van der Waals surface area contributed by atoms with E-state index in [2.05, 4.69) is 24.4 Å². The third-order valence-electron chi connectivity index (χ3n) is 4.13. The molecule has 0 aromatic heterocycles. The molecule has 0 spiro atoms.